The third-order valence-corrected chi connectivity index (χ3v) is 15.0. The molecule has 4 saturated heterocycles. The molecule has 0 radical (unpaired) electrons. The lowest BCUT2D eigenvalue weighted by atomic mass is 9.53. The zero-order valence-electron chi connectivity index (χ0n) is 38.0. The number of phenols is 11. The van der Waals surface area contributed by atoms with Crippen molar-refractivity contribution in [1.82, 2.24) is 0 Å². The molecule has 31 nitrogen and oxygen atoms in total. The van der Waals surface area contributed by atoms with Gasteiger partial charge in [-0.15, -0.1) is 0 Å². The molecule has 4 aromatic carbocycles. The summed E-state index contributed by atoms with van der Waals surface area (Å²) < 4.78 is 58.2. The number of esters is 5. The van der Waals surface area contributed by atoms with Gasteiger partial charge in [-0.1, -0.05) is 0 Å². The Bertz CT molecular complexity index is 3370. The van der Waals surface area contributed by atoms with E-state index in [2.05, 4.69) is 0 Å². The van der Waals surface area contributed by atoms with E-state index in [1.165, 1.54) is 0 Å². The molecule has 5 fully saturated rings. The fraction of sp³-hybridized carbons (Fsp3) is 0.370. The van der Waals surface area contributed by atoms with Crippen LogP contribution in [0.2, 0.25) is 0 Å². The van der Waals surface area contributed by atoms with Gasteiger partial charge in [-0.05, 0) is 30.3 Å². The zero-order chi connectivity index (χ0) is 55.3. The van der Waals surface area contributed by atoms with Gasteiger partial charge in [0.1, 0.15) is 36.4 Å². The highest BCUT2D eigenvalue weighted by Crippen LogP contribution is 2.77. The van der Waals surface area contributed by atoms with Crippen LogP contribution in [0.25, 0.3) is 11.1 Å². The number of aliphatic hydroxyl groups is 5. The number of aromatic hydroxyl groups is 11. The number of carbonyl (C=O) groups excluding carboxylic acids is 5. The van der Waals surface area contributed by atoms with E-state index in [0.29, 0.717) is 30.3 Å². The standard InChI is InChI=1S/C46H36O31/c47-13-1-9(2-14(48)23(13)53)35(60)74-39-32-31-29(19(70-39)7-68-36(61)10-3-15(49)24(54)27(57)20(10)21-11(37(62)71-31)4-16(50)25(55)28(21)58)73-41(64)42-8-43(65)46(67)45(66,76-40(42)44(77-43)34(59)18(52)6-69-44)33(42)22-12(38(63)72-32)5-17(51)26(56)30(22)75-46/h1-5,18-19,29,31-34,39-40,47-59,65-67H,6-8H2/t18?,19-,29-,31-,32-,33?,34-,39+,40?,42-,43+,44+,45?,46?/m1/s1. The van der Waals surface area contributed by atoms with Gasteiger partial charge in [-0.3, -0.25) is 4.79 Å². The molecule has 14 atom stereocenters. The van der Waals surface area contributed by atoms with Crippen molar-refractivity contribution in [3.05, 3.63) is 58.1 Å². The molecular weight excluding hydrogens is 1050 g/mol. The first kappa shape index (κ1) is 49.4. The topological polar surface area (TPSA) is 501 Å². The maximum atomic E-state index is 15.9. The van der Waals surface area contributed by atoms with Gasteiger partial charge in [0.05, 0.1) is 34.8 Å². The smallest absolute Gasteiger partial charge is 0.340 e. The quantitative estimate of drug-likeness (QED) is 0.0554. The number of aliphatic hydroxyl groups excluding tert-OH is 2. The summed E-state index contributed by atoms with van der Waals surface area (Å²) in [5.74, 6) is -41.2. The third-order valence-electron chi connectivity index (χ3n) is 15.0. The van der Waals surface area contributed by atoms with Crippen LogP contribution >= 0.6 is 0 Å². The fourth-order valence-corrected chi connectivity index (χ4v) is 11.6. The molecule has 4 aromatic rings. The summed E-state index contributed by atoms with van der Waals surface area (Å²) in [6.07, 6.45) is -21.0. The molecule has 8 aliphatic rings. The van der Waals surface area contributed by atoms with Crippen molar-refractivity contribution in [3.8, 4) is 80.1 Å². The van der Waals surface area contributed by atoms with E-state index in [-0.39, 0.29) is 0 Å². The number of hydrogen-bond donors (Lipinski definition) is 16. The minimum absolute atomic E-state index is 0.357. The number of carbonyl (C=O) groups is 5. The van der Waals surface area contributed by atoms with Crippen molar-refractivity contribution in [2.75, 3.05) is 13.2 Å². The van der Waals surface area contributed by atoms with Crippen molar-refractivity contribution in [2.24, 2.45) is 5.41 Å². The molecule has 5 unspecified atom stereocenters. The Morgan fingerprint density at radius 1 is 0.623 bits per heavy atom. The van der Waals surface area contributed by atoms with Crippen LogP contribution < -0.4 is 4.74 Å². The molecule has 1 saturated carbocycles. The number of phenolic OH excluding ortho intramolecular Hbond substituents is 11. The second-order valence-electron chi connectivity index (χ2n) is 19.1. The molecule has 0 amide bonds. The summed E-state index contributed by atoms with van der Waals surface area (Å²) in [5.41, 5.74) is -10.4. The molecule has 12 rings (SSSR count). The second kappa shape index (κ2) is 15.5. The van der Waals surface area contributed by atoms with Crippen molar-refractivity contribution in [3.63, 3.8) is 0 Å². The predicted octanol–water partition coefficient (Wildman–Crippen LogP) is -2.65. The summed E-state index contributed by atoms with van der Waals surface area (Å²) in [4.78, 5) is 74.4. The lowest BCUT2D eigenvalue weighted by molar-refractivity contribution is -0.490. The molecule has 406 valence electrons. The molecule has 77 heavy (non-hydrogen) atoms. The molecular formula is C46H36O31. The number of hydrogen-bond acceptors (Lipinski definition) is 31. The van der Waals surface area contributed by atoms with Crippen molar-refractivity contribution >= 4 is 29.8 Å². The van der Waals surface area contributed by atoms with Crippen LogP contribution in [0, 0.1) is 5.41 Å². The second-order valence-corrected chi connectivity index (χ2v) is 19.1. The van der Waals surface area contributed by atoms with Crippen LogP contribution in [0.5, 0.6) is 69.0 Å². The minimum Gasteiger partial charge on any atom is -0.504 e. The first-order valence-corrected chi connectivity index (χ1v) is 22.4. The van der Waals surface area contributed by atoms with E-state index in [1.807, 2.05) is 0 Å². The van der Waals surface area contributed by atoms with Gasteiger partial charge in [0, 0.05) is 23.1 Å². The highest BCUT2D eigenvalue weighted by atomic mass is 16.9. The zero-order valence-corrected chi connectivity index (χ0v) is 38.0. The Hall–Kier alpha value is -8.53. The Morgan fingerprint density at radius 2 is 1.18 bits per heavy atom. The van der Waals surface area contributed by atoms with Gasteiger partial charge >= 0.3 is 35.6 Å². The average molecular weight is 1080 g/mol. The van der Waals surface area contributed by atoms with Gasteiger partial charge in [0.15, 0.2) is 64.0 Å². The molecule has 16 N–H and O–H groups in total. The Morgan fingerprint density at radius 3 is 1.79 bits per heavy atom. The van der Waals surface area contributed by atoms with E-state index in [0.717, 1.165) is 0 Å². The van der Waals surface area contributed by atoms with E-state index in [4.69, 9.17) is 47.4 Å². The monoisotopic (exact) mass is 1080 g/mol. The largest absolute Gasteiger partial charge is 0.504 e. The summed E-state index contributed by atoms with van der Waals surface area (Å²) >= 11 is 0. The molecule has 0 aromatic heterocycles. The van der Waals surface area contributed by atoms with Crippen LogP contribution in [0.4, 0.5) is 0 Å². The van der Waals surface area contributed by atoms with Crippen molar-refractivity contribution < 1.29 is 153 Å². The van der Waals surface area contributed by atoms with Crippen LogP contribution in [-0.4, -0.2) is 197 Å². The normalized spacial score (nSPS) is 36.1. The maximum Gasteiger partial charge on any atom is 0.340 e. The molecule has 9 bridgehead atoms. The highest BCUT2D eigenvalue weighted by molar-refractivity contribution is 6.08. The Balaban J connectivity index is 1.11. The maximum absolute atomic E-state index is 15.9. The van der Waals surface area contributed by atoms with Crippen molar-refractivity contribution in [1.29, 1.82) is 0 Å². The van der Waals surface area contributed by atoms with Gasteiger partial charge in [0.25, 0.3) is 0 Å². The lowest BCUT2D eigenvalue weighted by Crippen LogP contribution is -2.83. The van der Waals surface area contributed by atoms with Gasteiger partial charge in [-0.2, -0.15) is 0 Å². The first-order chi connectivity index (χ1) is 36.1. The van der Waals surface area contributed by atoms with E-state index < -0.39 is 241 Å². The SMILES string of the molecule is O=C(O[C@@H]1O[C@@H]2COC(=O)c3cc(O)c(O)c(O)c3-c3c(cc(O)c(O)c3O)C(=O)O[C@H]3[C@H]1OC(=O)c1cc(O)c(O)c4c1C1C5(O)OC6[C@]1(C[C@](O)(O[C@]61OCC(O)[C@H]1O)C5(O)O4)C(=O)O[C@@H]32)c1cc(O)c(O)c(O)c1. The van der Waals surface area contributed by atoms with Crippen LogP contribution in [0.1, 0.15) is 59.3 Å². The Kier molecular flexibility index (Phi) is 9.96. The molecule has 2 spiro atoms. The van der Waals surface area contributed by atoms with Gasteiger partial charge < -0.3 is 129 Å². The van der Waals surface area contributed by atoms with E-state index in [9.17, 15) is 96.1 Å². The number of cyclic esters (lactones) is 1. The summed E-state index contributed by atoms with van der Waals surface area (Å²) in [6, 6.07) is 2.36. The first-order valence-electron chi connectivity index (χ1n) is 22.4. The van der Waals surface area contributed by atoms with Crippen LogP contribution in [0.3, 0.4) is 0 Å². The number of fused-ring (bicyclic) bond motifs is 6. The number of benzene rings is 4. The number of rotatable bonds is 2. The predicted molar refractivity (Wildman–Crippen MR) is 228 cm³/mol. The third kappa shape index (κ3) is 6.06. The minimum atomic E-state index is -3.81. The molecule has 31 heteroatoms. The van der Waals surface area contributed by atoms with Gasteiger partial charge in [-0.25, -0.2) is 19.2 Å². The number of ether oxygens (including phenoxy) is 10. The highest BCUT2D eigenvalue weighted by Gasteiger charge is 2.95. The Labute approximate surface area is 423 Å². The molecule has 1 aliphatic carbocycles. The molecule has 7 aliphatic heterocycles. The fourth-order valence-electron chi connectivity index (χ4n) is 11.6. The van der Waals surface area contributed by atoms with Crippen LogP contribution in [-0.2, 0) is 47.4 Å². The summed E-state index contributed by atoms with van der Waals surface area (Å²) in [5, 5.41) is 179. The van der Waals surface area contributed by atoms with Crippen LogP contribution in [0.15, 0.2) is 30.3 Å². The molecule has 7 heterocycles. The lowest BCUT2D eigenvalue weighted by Gasteiger charge is -2.62. The van der Waals surface area contributed by atoms with E-state index in [1.54, 1.807) is 0 Å². The van der Waals surface area contributed by atoms with Gasteiger partial charge in [0.2, 0.25) is 47.0 Å². The summed E-state index contributed by atoms with van der Waals surface area (Å²) in [7, 11) is 0. The average Bonchev–Trinajstić information content (AvgIpc) is 2.33. The summed E-state index contributed by atoms with van der Waals surface area (Å²) in [6.45, 7) is -2.24. The van der Waals surface area contributed by atoms with Crippen molar-refractivity contribution in [2.45, 2.75) is 84.5 Å². The van der Waals surface area contributed by atoms with E-state index >= 15 is 9.59 Å².